The second-order valence-corrected chi connectivity index (χ2v) is 7.56. The van der Waals surface area contributed by atoms with Gasteiger partial charge in [0.05, 0.1) is 18.1 Å². The van der Waals surface area contributed by atoms with Crippen LogP contribution in [0.5, 0.6) is 0 Å². The van der Waals surface area contributed by atoms with Gasteiger partial charge in [-0.2, -0.15) is 0 Å². The third-order valence-corrected chi connectivity index (χ3v) is 5.46. The second-order valence-electron chi connectivity index (χ2n) is 5.63. The molecule has 1 heterocycles. The molecule has 0 unspecified atom stereocenters. The highest BCUT2D eigenvalue weighted by Gasteiger charge is 2.25. The van der Waals surface area contributed by atoms with Gasteiger partial charge in [0, 0.05) is 16.6 Å². The molecule has 6 nitrogen and oxygen atoms in total. The minimum absolute atomic E-state index is 0.0393. The summed E-state index contributed by atoms with van der Waals surface area (Å²) in [5, 5.41) is 3.60. The van der Waals surface area contributed by atoms with E-state index in [1.807, 2.05) is 13.0 Å². The Labute approximate surface area is 166 Å². The van der Waals surface area contributed by atoms with E-state index < -0.39 is 18.0 Å². The molecule has 0 aliphatic carbocycles. The molecule has 8 heteroatoms. The summed E-state index contributed by atoms with van der Waals surface area (Å²) in [6.07, 6.45) is 2.08. The lowest BCUT2D eigenvalue weighted by atomic mass is 10.1. The Balaban J connectivity index is 2.77. The van der Waals surface area contributed by atoms with Crippen LogP contribution >= 0.6 is 27.3 Å². The number of hydrogen-bond acceptors (Lipinski definition) is 6. The van der Waals surface area contributed by atoms with Gasteiger partial charge in [0.15, 0.2) is 0 Å². The van der Waals surface area contributed by atoms with Gasteiger partial charge >= 0.3 is 11.9 Å². The van der Waals surface area contributed by atoms with Crippen LogP contribution in [0.1, 0.15) is 53.2 Å². The monoisotopic (exact) mass is 447 g/mol. The molecule has 0 fully saturated rings. The van der Waals surface area contributed by atoms with Crippen LogP contribution < -0.4 is 5.32 Å². The van der Waals surface area contributed by atoms with Crippen LogP contribution in [-0.4, -0.2) is 42.4 Å². The summed E-state index contributed by atoms with van der Waals surface area (Å²) in [6, 6.07) is 0.956. The van der Waals surface area contributed by atoms with E-state index in [2.05, 4.69) is 21.2 Å². The Hall–Kier alpha value is -1.41. The first-order valence-electron chi connectivity index (χ1n) is 8.71. The van der Waals surface area contributed by atoms with Crippen molar-refractivity contribution in [3.63, 3.8) is 0 Å². The van der Waals surface area contributed by atoms with Gasteiger partial charge in [-0.05, 0) is 51.7 Å². The molecule has 1 atom stereocenters. The number of ether oxygens (including phenoxy) is 2. The van der Waals surface area contributed by atoms with Gasteiger partial charge in [0.25, 0.3) is 5.91 Å². The number of alkyl halides is 1. The van der Waals surface area contributed by atoms with Crippen molar-refractivity contribution in [2.45, 2.75) is 52.5 Å². The first kappa shape index (κ1) is 22.6. The second kappa shape index (κ2) is 12.1. The smallest absolute Gasteiger partial charge is 0.328 e. The third kappa shape index (κ3) is 7.45. The van der Waals surface area contributed by atoms with Crippen molar-refractivity contribution in [3.8, 4) is 0 Å². The number of halogens is 1. The minimum Gasteiger partial charge on any atom is -0.466 e. The Morgan fingerprint density at radius 3 is 2.54 bits per heavy atom. The number of aryl methyl sites for hydroxylation is 2. The summed E-state index contributed by atoms with van der Waals surface area (Å²) < 4.78 is 9.88. The predicted octanol–water partition coefficient (Wildman–Crippen LogP) is 3.39. The van der Waals surface area contributed by atoms with Crippen molar-refractivity contribution in [1.82, 2.24) is 5.32 Å². The average molecular weight is 448 g/mol. The van der Waals surface area contributed by atoms with E-state index in [4.69, 9.17) is 9.47 Å². The average Bonchev–Trinajstić information content (AvgIpc) is 2.98. The van der Waals surface area contributed by atoms with Gasteiger partial charge in [-0.15, -0.1) is 11.3 Å². The van der Waals surface area contributed by atoms with E-state index in [1.54, 1.807) is 13.8 Å². The van der Waals surface area contributed by atoms with E-state index >= 15 is 0 Å². The summed E-state index contributed by atoms with van der Waals surface area (Å²) >= 11 is 4.84. The minimum atomic E-state index is -0.875. The molecule has 0 bridgehead atoms. The lowest BCUT2D eigenvalue weighted by Crippen LogP contribution is -2.42. The lowest BCUT2D eigenvalue weighted by molar-refractivity contribution is -0.146. The van der Waals surface area contributed by atoms with E-state index in [1.165, 1.54) is 11.3 Å². The number of carbonyl (C=O) groups excluding carboxylic acids is 3. The van der Waals surface area contributed by atoms with Crippen molar-refractivity contribution >= 4 is 45.1 Å². The number of rotatable bonds is 11. The molecule has 0 radical (unpaired) electrons. The quantitative estimate of drug-likeness (QED) is 0.415. The molecule has 0 aliphatic heterocycles. The SMILES string of the molecule is CCOC(=O)CC[C@H](NC(=O)c1cc(C)c(CCCBr)s1)C(=O)OCC. The molecular formula is C18H26BrNO5S. The van der Waals surface area contributed by atoms with Crippen LogP contribution in [0.4, 0.5) is 0 Å². The maximum absolute atomic E-state index is 12.5. The van der Waals surface area contributed by atoms with Crippen molar-refractivity contribution in [3.05, 3.63) is 21.4 Å². The number of thiophene rings is 1. The topological polar surface area (TPSA) is 81.7 Å². The van der Waals surface area contributed by atoms with Gasteiger partial charge in [-0.3, -0.25) is 9.59 Å². The summed E-state index contributed by atoms with van der Waals surface area (Å²) in [6.45, 7) is 5.87. The molecule has 146 valence electrons. The molecule has 0 spiro atoms. The van der Waals surface area contributed by atoms with Gasteiger partial charge in [-0.25, -0.2) is 4.79 Å². The van der Waals surface area contributed by atoms with E-state index in [9.17, 15) is 14.4 Å². The number of nitrogens with one attached hydrogen (secondary N) is 1. The van der Waals surface area contributed by atoms with Crippen LogP contribution in [0.15, 0.2) is 6.07 Å². The van der Waals surface area contributed by atoms with Gasteiger partial charge in [0.2, 0.25) is 0 Å². The maximum atomic E-state index is 12.5. The molecule has 0 aromatic carbocycles. The Kier molecular flexibility index (Phi) is 10.5. The first-order valence-corrected chi connectivity index (χ1v) is 10.6. The normalized spacial score (nSPS) is 11.7. The fourth-order valence-corrected chi connectivity index (χ4v) is 3.72. The van der Waals surface area contributed by atoms with Crippen LogP contribution in [0, 0.1) is 6.92 Å². The lowest BCUT2D eigenvalue weighted by Gasteiger charge is -2.16. The molecule has 26 heavy (non-hydrogen) atoms. The highest BCUT2D eigenvalue weighted by Crippen LogP contribution is 2.24. The first-order chi connectivity index (χ1) is 12.4. The van der Waals surface area contributed by atoms with Crippen molar-refractivity contribution in [1.29, 1.82) is 0 Å². The molecule has 1 aromatic heterocycles. The summed E-state index contributed by atoms with van der Waals surface area (Å²) in [7, 11) is 0. The van der Waals surface area contributed by atoms with Crippen LogP contribution in [0.3, 0.4) is 0 Å². The largest absolute Gasteiger partial charge is 0.466 e. The number of carbonyl (C=O) groups is 3. The molecule has 0 aliphatic rings. The Bertz CT molecular complexity index is 617. The summed E-state index contributed by atoms with van der Waals surface area (Å²) in [5.41, 5.74) is 1.07. The predicted molar refractivity (Wildman–Crippen MR) is 105 cm³/mol. The molecule has 1 aromatic rings. The summed E-state index contributed by atoms with van der Waals surface area (Å²) in [4.78, 5) is 37.9. The molecule has 0 saturated heterocycles. The molecule has 0 saturated carbocycles. The van der Waals surface area contributed by atoms with Gasteiger partial charge < -0.3 is 14.8 Å². The molecule has 1 rings (SSSR count). The molecular weight excluding hydrogens is 422 g/mol. The van der Waals surface area contributed by atoms with E-state index in [0.29, 0.717) is 4.88 Å². The molecule has 1 N–H and O–H groups in total. The van der Waals surface area contributed by atoms with Crippen molar-refractivity contribution < 1.29 is 23.9 Å². The number of hydrogen-bond donors (Lipinski definition) is 1. The fourth-order valence-electron chi connectivity index (χ4n) is 2.32. The number of esters is 2. The Morgan fingerprint density at radius 1 is 1.23 bits per heavy atom. The highest BCUT2D eigenvalue weighted by atomic mass is 79.9. The van der Waals surface area contributed by atoms with Gasteiger partial charge in [0.1, 0.15) is 6.04 Å². The zero-order valence-electron chi connectivity index (χ0n) is 15.4. The zero-order chi connectivity index (χ0) is 19.5. The van der Waals surface area contributed by atoms with E-state index in [0.717, 1.165) is 28.6 Å². The van der Waals surface area contributed by atoms with Crippen LogP contribution in [0.25, 0.3) is 0 Å². The molecule has 1 amide bonds. The zero-order valence-corrected chi connectivity index (χ0v) is 17.8. The Morgan fingerprint density at radius 2 is 1.92 bits per heavy atom. The van der Waals surface area contributed by atoms with Crippen molar-refractivity contribution in [2.24, 2.45) is 0 Å². The third-order valence-electron chi connectivity index (χ3n) is 3.60. The fraction of sp³-hybridized carbons (Fsp3) is 0.611. The van der Waals surface area contributed by atoms with Crippen molar-refractivity contribution in [2.75, 3.05) is 18.5 Å². The maximum Gasteiger partial charge on any atom is 0.328 e. The van der Waals surface area contributed by atoms with Crippen LogP contribution in [0.2, 0.25) is 0 Å². The summed E-state index contributed by atoms with van der Waals surface area (Å²) in [5.74, 6) is -1.27. The van der Waals surface area contributed by atoms with E-state index in [-0.39, 0.29) is 32.0 Å². The highest BCUT2D eigenvalue weighted by molar-refractivity contribution is 9.09. The standard InChI is InChI=1S/C18H26BrNO5S/c1-4-24-16(21)9-8-13(18(23)25-5-2)20-17(22)15-11-12(3)14(26-15)7-6-10-19/h11,13H,4-10H2,1-3H3,(H,20,22)/t13-/m0/s1. The van der Waals surface area contributed by atoms with Gasteiger partial charge in [-0.1, -0.05) is 15.9 Å². The van der Waals surface area contributed by atoms with Crippen LogP contribution in [-0.2, 0) is 25.5 Å². The number of amides is 1.